The topological polar surface area (TPSA) is 16.1 Å². The Morgan fingerprint density at radius 3 is 2.06 bits per heavy atom. The van der Waals surface area contributed by atoms with Crippen LogP contribution in [0.1, 0.15) is 0 Å². The molecule has 0 unspecified atom stereocenters. The molecule has 2 aromatic carbocycles. The molecule has 0 saturated heterocycles. The van der Waals surface area contributed by atoms with Gasteiger partial charge in [-0.1, -0.05) is 42.5 Å². The minimum atomic E-state index is 1.03. The van der Waals surface area contributed by atoms with Crippen molar-refractivity contribution >= 4 is 27.5 Å². The Morgan fingerprint density at radius 2 is 1.35 bits per heavy atom. The molecule has 84 valence electrons. The van der Waals surface area contributed by atoms with E-state index in [0.717, 1.165) is 11.3 Å². The van der Waals surface area contributed by atoms with Gasteiger partial charge in [0.15, 0.2) is 0 Å². The molecule has 0 fully saturated rings. The average Bonchev–Trinajstić information content (AvgIpc) is 2.37. The fraction of sp³-hybridized carbons (Fsp3) is 0.133. The Hall–Kier alpha value is -2.09. The molecular formula is C15H14N2. The van der Waals surface area contributed by atoms with Crippen molar-refractivity contribution in [3.8, 4) is 0 Å². The lowest BCUT2D eigenvalue weighted by Crippen LogP contribution is -2.11. The van der Waals surface area contributed by atoms with E-state index in [-0.39, 0.29) is 0 Å². The fourth-order valence-electron chi connectivity index (χ4n) is 2.23. The van der Waals surface area contributed by atoms with E-state index < -0.39 is 0 Å². The molecule has 0 atom stereocenters. The van der Waals surface area contributed by atoms with Gasteiger partial charge in [-0.2, -0.15) is 0 Å². The second-order valence-electron chi connectivity index (χ2n) is 4.39. The molecule has 0 N–H and O–H groups in total. The number of hydrogen-bond acceptors (Lipinski definition) is 2. The highest BCUT2D eigenvalue weighted by Gasteiger charge is 2.08. The molecule has 0 radical (unpaired) electrons. The number of anilines is 1. The molecule has 0 saturated carbocycles. The Labute approximate surface area is 101 Å². The monoisotopic (exact) mass is 222 g/mol. The van der Waals surface area contributed by atoms with Crippen LogP contribution in [-0.4, -0.2) is 19.1 Å². The van der Waals surface area contributed by atoms with E-state index >= 15 is 0 Å². The van der Waals surface area contributed by atoms with E-state index in [2.05, 4.69) is 47.4 Å². The van der Waals surface area contributed by atoms with E-state index in [0.29, 0.717) is 0 Å². The minimum absolute atomic E-state index is 1.03. The van der Waals surface area contributed by atoms with Crippen LogP contribution in [0.5, 0.6) is 0 Å². The van der Waals surface area contributed by atoms with Crippen molar-refractivity contribution in [2.75, 3.05) is 19.0 Å². The van der Waals surface area contributed by atoms with Gasteiger partial charge < -0.3 is 4.90 Å². The lowest BCUT2D eigenvalue weighted by molar-refractivity contribution is 1.10. The Bertz CT molecular complexity index is 687. The highest BCUT2D eigenvalue weighted by Crippen LogP contribution is 2.29. The SMILES string of the molecule is CN(C)c1nc2ccccc2c2ccccc12. The fourth-order valence-corrected chi connectivity index (χ4v) is 2.23. The predicted octanol–water partition coefficient (Wildman–Crippen LogP) is 3.45. The van der Waals surface area contributed by atoms with Crippen molar-refractivity contribution in [3.05, 3.63) is 48.5 Å². The first-order valence-corrected chi connectivity index (χ1v) is 5.72. The third-order valence-corrected chi connectivity index (χ3v) is 3.01. The van der Waals surface area contributed by atoms with Gasteiger partial charge in [-0.3, -0.25) is 0 Å². The van der Waals surface area contributed by atoms with Gasteiger partial charge in [0.25, 0.3) is 0 Å². The van der Waals surface area contributed by atoms with Crippen LogP contribution in [0.2, 0.25) is 0 Å². The average molecular weight is 222 g/mol. The van der Waals surface area contributed by atoms with Crippen LogP contribution in [0.3, 0.4) is 0 Å². The Morgan fingerprint density at radius 1 is 0.765 bits per heavy atom. The quantitative estimate of drug-likeness (QED) is 0.586. The summed E-state index contributed by atoms with van der Waals surface area (Å²) < 4.78 is 0. The molecule has 0 spiro atoms. The summed E-state index contributed by atoms with van der Waals surface area (Å²) in [6, 6.07) is 16.7. The zero-order chi connectivity index (χ0) is 11.8. The lowest BCUT2D eigenvalue weighted by atomic mass is 10.1. The van der Waals surface area contributed by atoms with Gasteiger partial charge in [0.2, 0.25) is 0 Å². The van der Waals surface area contributed by atoms with Crippen molar-refractivity contribution in [1.82, 2.24) is 4.98 Å². The van der Waals surface area contributed by atoms with Crippen LogP contribution in [-0.2, 0) is 0 Å². The van der Waals surface area contributed by atoms with Crippen LogP contribution in [0, 0.1) is 0 Å². The summed E-state index contributed by atoms with van der Waals surface area (Å²) in [6.07, 6.45) is 0. The standard InChI is InChI=1S/C15H14N2/c1-17(2)15-13-9-4-3-7-11(13)12-8-5-6-10-14(12)16-15/h3-10H,1-2H3. The number of hydrogen-bond donors (Lipinski definition) is 0. The van der Waals surface area contributed by atoms with Crippen LogP contribution in [0.15, 0.2) is 48.5 Å². The van der Waals surface area contributed by atoms with E-state index in [4.69, 9.17) is 4.98 Å². The molecule has 2 nitrogen and oxygen atoms in total. The molecule has 0 aliphatic carbocycles. The second-order valence-corrected chi connectivity index (χ2v) is 4.39. The van der Waals surface area contributed by atoms with Gasteiger partial charge in [-0.25, -0.2) is 4.98 Å². The molecule has 1 aromatic heterocycles. The summed E-state index contributed by atoms with van der Waals surface area (Å²) in [7, 11) is 4.06. The van der Waals surface area contributed by atoms with Crippen LogP contribution < -0.4 is 4.90 Å². The number of fused-ring (bicyclic) bond motifs is 3. The second kappa shape index (κ2) is 3.74. The summed E-state index contributed by atoms with van der Waals surface area (Å²) in [5.41, 5.74) is 1.05. The van der Waals surface area contributed by atoms with Crippen LogP contribution in [0.25, 0.3) is 21.7 Å². The zero-order valence-electron chi connectivity index (χ0n) is 10.0. The first-order valence-electron chi connectivity index (χ1n) is 5.72. The van der Waals surface area contributed by atoms with Crippen molar-refractivity contribution in [2.24, 2.45) is 0 Å². The predicted molar refractivity (Wildman–Crippen MR) is 73.6 cm³/mol. The molecule has 1 heterocycles. The van der Waals surface area contributed by atoms with Gasteiger partial charge >= 0.3 is 0 Å². The number of para-hydroxylation sites is 1. The summed E-state index contributed by atoms with van der Waals surface area (Å²) >= 11 is 0. The molecule has 2 heteroatoms. The maximum absolute atomic E-state index is 4.73. The number of rotatable bonds is 1. The highest BCUT2D eigenvalue weighted by atomic mass is 15.1. The molecule has 17 heavy (non-hydrogen) atoms. The largest absolute Gasteiger partial charge is 0.362 e. The smallest absolute Gasteiger partial charge is 0.136 e. The zero-order valence-corrected chi connectivity index (χ0v) is 10.0. The number of pyridine rings is 1. The molecule has 3 rings (SSSR count). The normalized spacial score (nSPS) is 10.9. The van der Waals surface area contributed by atoms with Crippen LogP contribution in [0.4, 0.5) is 5.82 Å². The minimum Gasteiger partial charge on any atom is -0.362 e. The molecule has 3 aromatic rings. The first kappa shape index (κ1) is 10.1. The van der Waals surface area contributed by atoms with E-state index in [1.165, 1.54) is 16.2 Å². The maximum Gasteiger partial charge on any atom is 0.136 e. The summed E-state index contributed by atoms with van der Waals surface area (Å²) in [5, 5.41) is 3.69. The molecule has 0 aliphatic rings. The van der Waals surface area contributed by atoms with E-state index in [9.17, 15) is 0 Å². The summed E-state index contributed by atoms with van der Waals surface area (Å²) in [5.74, 6) is 1.03. The Balaban J connectivity index is 2.55. The van der Waals surface area contributed by atoms with Crippen LogP contribution >= 0.6 is 0 Å². The summed E-state index contributed by atoms with van der Waals surface area (Å²) in [6.45, 7) is 0. The molecule has 0 amide bonds. The lowest BCUT2D eigenvalue weighted by Gasteiger charge is -2.15. The number of nitrogens with zero attached hydrogens (tertiary/aromatic N) is 2. The maximum atomic E-state index is 4.73. The van der Waals surface area contributed by atoms with Gasteiger partial charge in [0.1, 0.15) is 5.82 Å². The summed E-state index contributed by atoms with van der Waals surface area (Å²) in [4.78, 5) is 6.79. The van der Waals surface area contributed by atoms with Gasteiger partial charge in [0.05, 0.1) is 5.52 Å². The highest BCUT2D eigenvalue weighted by molar-refractivity contribution is 6.10. The van der Waals surface area contributed by atoms with Gasteiger partial charge in [-0.05, 0) is 11.5 Å². The van der Waals surface area contributed by atoms with E-state index in [1.807, 2.05) is 20.2 Å². The van der Waals surface area contributed by atoms with Crippen molar-refractivity contribution in [1.29, 1.82) is 0 Å². The first-order chi connectivity index (χ1) is 8.27. The van der Waals surface area contributed by atoms with Crippen molar-refractivity contribution in [2.45, 2.75) is 0 Å². The van der Waals surface area contributed by atoms with Crippen molar-refractivity contribution < 1.29 is 0 Å². The third-order valence-electron chi connectivity index (χ3n) is 3.01. The van der Waals surface area contributed by atoms with Gasteiger partial charge in [0, 0.05) is 24.9 Å². The Kier molecular flexibility index (Phi) is 2.22. The molecule has 0 bridgehead atoms. The third kappa shape index (κ3) is 1.53. The number of benzene rings is 2. The van der Waals surface area contributed by atoms with Gasteiger partial charge in [-0.15, -0.1) is 0 Å². The molecule has 0 aliphatic heterocycles. The molecular weight excluding hydrogens is 208 g/mol. The van der Waals surface area contributed by atoms with E-state index in [1.54, 1.807) is 0 Å². The van der Waals surface area contributed by atoms with Crippen molar-refractivity contribution in [3.63, 3.8) is 0 Å². The number of aromatic nitrogens is 1.